The van der Waals surface area contributed by atoms with Crippen molar-refractivity contribution in [3.8, 4) is 6.07 Å². The van der Waals surface area contributed by atoms with Crippen molar-refractivity contribution < 1.29 is 0 Å². The molecule has 1 fully saturated rings. The van der Waals surface area contributed by atoms with Crippen molar-refractivity contribution in [1.29, 1.82) is 5.26 Å². The first-order chi connectivity index (χ1) is 6.72. The van der Waals surface area contributed by atoms with Crippen molar-refractivity contribution in [1.82, 2.24) is 4.37 Å². The molecule has 0 unspecified atom stereocenters. The van der Waals surface area contributed by atoms with Gasteiger partial charge in [0.25, 0.3) is 0 Å². The van der Waals surface area contributed by atoms with Crippen LogP contribution in [-0.4, -0.2) is 18.0 Å². The number of aromatic nitrogens is 1. The van der Waals surface area contributed by atoms with E-state index < -0.39 is 0 Å². The zero-order valence-corrected chi connectivity index (χ0v) is 9.40. The molecule has 1 aromatic heterocycles. The fourth-order valence-electron chi connectivity index (χ4n) is 1.39. The number of rotatable bonds is 3. The molecule has 0 aromatic carbocycles. The van der Waals surface area contributed by atoms with Crippen LogP contribution < -0.4 is 4.90 Å². The second-order valence-corrected chi connectivity index (χ2v) is 4.70. The highest BCUT2D eigenvalue weighted by atomic mass is 35.5. The summed E-state index contributed by atoms with van der Waals surface area (Å²) in [5, 5.41) is 10.1. The summed E-state index contributed by atoms with van der Waals surface area (Å²) >= 11 is 7.09. The summed E-state index contributed by atoms with van der Waals surface area (Å²) < 4.78 is 3.98. The third kappa shape index (κ3) is 1.84. The highest BCUT2D eigenvalue weighted by Crippen LogP contribution is 2.35. The molecule has 1 aromatic rings. The Kier molecular flexibility index (Phi) is 2.62. The molecule has 0 amide bonds. The Morgan fingerprint density at radius 3 is 3.00 bits per heavy atom. The van der Waals surface area contributed by atoms with E-state index in [1.807, 2.05) is 7.05 Å². The molecule has 1 saturated carbocycles. The average Bonchev–Trinajstić information content (AvgIpc) is 2.88. The van der Waals surface area contributed by atoms with E-state index in [-0.39, 0.29) is 0 Å². The summed E-state index contributed by atoms with van der Waals surface area (Å²) in [7, 11) is 1.99. The van der Waals surface area contributed by atoms with Gasteiger partial charge in [0.05, 0.1) is 0 Å². The smallest absolute Gasteiger partial charge is 0.162 e. The predicted octanol–water partition coefficient (Wildman–Crippen LogP) is 2.51. The minimum Gasteiger partial charge on any atom is -0.364 e. The molecule has 0 radical (unpaired) electrons. The first-order valence-corrected chi connectivity index (χ1v) is 5.64. The van der Waals surface area contributed by atoms with Gasteiger partial charge in [-0.15, -0.1) is 0 Å². The highest BCUT2D eigenvalue weighted by Gasteiger charge is 2.25. The summed E-state index contributed by atoms with van der Waals surface area (Å²) in [5.41, 5.74) is 0.514. The third-order valence-electron chi connectivity index (χ3n) is 2.32. The van der Waals surface area contributed by atoms with Crippen LogP contribution in [0.4, 0.5) is 5.00 Å². The normalized spacial score (nSPS) is 15.2. The molecule has 3 nitrogen and oxygen atoms in total. The predicted molar refractivity (Wildman–Crippen MR) is 57.8 cm³/mol. The molecule has 0 saturated heterocycles. The summed E-state index contributed by atoms with van der Waals surface area (Å²) in [5.74, 6) is 0.799. The van der Waals surface area contributed by atoms with Crippen LogP contribution in [0.1, 0.15) is 18.4 Å². The van der Waals surface area contributed by atoms with Gasteiger partial charge in [-0.2, -0.15) is 9.64 Å². The molecule has 2 rings (SSSR count). The lowest BCUT2D eigenvalue weighted by atomic mass is 10.3. The lowest BCUT2D eigenvalue weighted by Gasteiger charge is -2.15. The molecule has 1 aliphatic carbocycles. The Morgan fingerprint density at radius 1 is 1.71 bits per heavy atom. The van der Waals surface area contributed by atoms with Crippen molar-refractivity contribution in [2.24, 2.45) is 5.92 Å². The Morgan fingerprint density at radius 2 is 2.43 bits per heavy atom. The van der Waals surface area contributed by atoms with Gasteiger partial charge < -0.3 is 4.90 Å². The van der Waals surface area contributed by atoms with E-state index in [4.69, 9.17) is 16.9 Å². The van der Waals surface area contributed by atoms with E-state index in [1.54, 1.807) is 0 Å². The van der Waals surface area contributed by atoms with Gasteiger partial charge in [-0.1, -0.05) is 11.6 Å². The van der Waals surface area contributed by atoms with Gasteiger partial charge >= 0.3 is 0 Å². The molecule has 5 heteroatoms. The van der Waals surface area contributed by atoms with Crippen LogP contribution in [0.25, 0.3) is 0 Å². The molecule has 14 heavy (non-hydrogen) atoms. The van der Waals surface area contributed by atoms with Crippen LogP contribution >= 0.6 is 23.1 Å². The first-order valence-electron chi connectivity index (χ1n) is 4.48. The van der Waals surface area contributed by atoms with Crippen LogP contribution in [0.3, 0.4) is 0 Å². The molecule has 0 aliphatic heterocycles. The van der Waals surface area contributed by atoms with E-state index >= 15 is 0 Å². The lowest BCUT2D eigenvalue weighted by molar-refractivity contribution is 0.792. The van der Waals surface area contributed by atoms with Crippen molar-refractivity contribution in [3.63, 3.8) is 0 Å². The number of nitriles is 1. The van der Waals surface area contributed by atoms with Crippen molar-refractivity contribution >= 4 is 28.1 Å². The zero-order chi connectivity index (χ0) is 10.1. The maximum Gasteiger partial charge on any atom is 0.162 e. The van der Waals surface area contributed by atoms with Crippen LogP contribution in [-0.2, 0) is 0 Å². The Balaban J connectivity index is 2.17. The zero-order valence-electron chi connectivity index (χ0n) is 7.83. The molecule has 74 valence electrons. The van der Waals surface area contributed by atoms with Gasteiger partial charge in [0.2, 0.25) is 0 Å². The first kappa shape index (κ1) is 9.75. The number of hydrogen-bond acceptors (Lipinski definition) is 4. The van der Waals surface area contributed by atoms with Crippen molar-refractivity contribution in [3.05, 3.63) is 10.7 Å². The maximum absolute atomic E-state index is 8.89. The molecular weight excluding hydrogens is 218 g/mol. The number of nitrogens with zero attached hydrogens (tertiary/aromatic N) is 3. The third-order valence-corrected chi connectivity index (χ3v) is 3.66. The van der Waals surface area contributed by atoms with Gasteiger partial charge in [-0.3, -0.25) is 0 Å². The van der Waals surface area contributed by atoms with Crippen LogP contribution in [0.5, 0.6) is 0 Å². The highest BCUT2D eigenvalue weighted by molar-refractivity contribution is 7.10. The molecular formula is C9H10ClN3S. The van der Waals surface area contributed by atoms with E-state index in [0.717, 1.165) is 17.5 Å². The number of halogens is 1. The van der Waals surface area contributed by atoms with E-state index in [0.29, 0.717) is 10.7 Å². The van der Waals surface area contributed by atoms with E-state index in [9.17, 15) is 0 Å². The summed E-state index contributed by atoms with van der Waals surface area (Å²) in [6.45, 7) is 1.01. The number of hydrogen-bond donors (Lipinski definition) is 0. The van der Waals surface area contributed by atoms with E-state index in [2.05, 4.69) is 15.3 Å². The van der Waals surface area contributed by atoms with Gasteiger partial charge in [-0.05, 0) is 30.3 Å². The molecule has 1 heterocycles. The summed E-state index contributed by atoms with van der Waals surface area (Å²) in [6.07, 6.45) is 2.61. The van der Waals surface area contributed by atoms with Crippen LogP contribution in [0.15, 0.2) is 0 Å². The maximum atomic E-state index is 8.89. The quantitative estimate of drug-likeness (QED) is 0.797. The van der Waals surface area contributed by atoms with Crippen LogP contribution in [0.2, 0.25) is 5.15 Å². The van der Waals surface area contributed by atoms with Gasteiger partial charge in [-0.25, -0.2) is 0 Å². The molecule has 1 aliphatic rings. The Bertz CT molecular complexity index is 378. The summed E-state index contributed by atoms with van der Waals surface area (Å²) in [6, 6.07) is 2.09. The average molecular weight is 228 g/mol. The minimum absolute atomic E-state index is 0.329. The van der Waals surface area contributed by atoms with Crippen molar-refractivity contribution in [2.75, 3.05) is 18.5 Å². The second-order valence-electron chi connectivity index (χ2n) is 3.59. The molecule has 0 spiro atoms. The largest absolute Gasteiger partial charge is 0.364 e. The molecule has 0 bridgehead atoms. The number of anilines is 1. The van der Waals surface area contributed by atoms with Crippen molar-refractivity contribution in [2.45, 2.75) is 12.8 Å². The Labute approximate surface area is 92.1 Å². The fourth-order valence-corrected chi connectivity index (χ4v) is 2.38. The monoisotopic (exact) mass is 227 g/mol. The van der Waals surface area contributed by atoms with Crippen LogP contribution in [0, 0.1) is 17.2 Å². The lowest BCUT2D eigenvalue weighted by Crippen LogP contribution is -2.19. The standard InChI is InChI=1S/C9H10ClN3S/c1-13(5-6-2-3-6)9-7(4-11)8(10)12-14-9/h6H,2-3,5H2,1H3. The summed E-state index contributed by atoms with van der Waals surface area (Å²) in [4.78, 5) is 2.08. The topological polar surface area (TPSA) is 39.9 Å². The molecule has 0 atom stereocenters. The second kappa shape index (κ2) is 3.76. The van der Waals surface area contributed by atoms with Gasteiger partial charge in [0.15, 0.2) is 5.15 Å². The minimum atomic E-state index is 0.329. The van der Waals surface area contributed by atoms with Gasteiger partial charge in [0.1, 0.15) is 16.6 Å². The van der Waals surface area contributed by atoms with E-state index in [1.165, 1.54) is 24.4 Å². The molecule has 0 N–H and O–H groups in total. The Hall–Kier alpha value is -0.790. The van der Waals surface area contributed by atoms with Gasteiger partial charge in [0, 0.05) is 13.6 Å². The SMILES string of the molecule is CN(CC1CC1)c1snc(Cl)c1C#N. The fraction of sp³-hybridized carbons (Fsp3) is 0.556.